The molecule has 3 N–H and O–H groups in total. The van der Waals surface area contributed by atoms with Gasteiger partial charge >= 0.3 is 0 Å². The van der Waals surface area contributed by atoms with Gasteiger partial charge in [-0.2, -0.15) is 5.10 Å². The minimum Gasteiger partial charge on any atom is -0.495 e. The lowest BCUT2D eigenvalue weighted by molar-refractivity contribution is 0.418. The van der Waals surface area contributed by atoms with Crippen molar-refractivity contribution in [2.45, 2.75) is 6.92 Å². The third-order valence-corrected chi connectivity index (χ3v) is 4.12. The predicted molar refractivity (Wildman–Crippen MR) is 83.0 cm³/mol. The molecular formula is C15H15N3OS. The number of nitrogens with zero attached hydrogens (tertiary/aromatic N) is 1. The van der Waals surface area contributed by atoms with Gasteiger partial charge in [-0.3, -0.25) is 5.10 Å². The fraction of sp³-hybridized carbons (Fsp3) is 0.133. The smallest absolute Gasteiger partial charge is 0.153 e. The highest BCUT2D eigenvalue weighted by Gasteiger charge is 2.18. The highest BCUT2D eigenvalue weighted by Crippen LogP contribution is 2.41. The molecule has 0 saturated heterocycles. The van der Waals surface area contributed by atoms with Gasteiger partial charge in [-0.15, -0.1) is 11.3 Å². The van der Waals surface area contributed by atoms with Crippen LogP contribution in [0.3, 0.4) is 0 Å². The van der Waals surface area contributed by atoms with E-state index in [4.69, 9.17) is 10.5 Å². The summed E-state index contributed by atoms with van der Waals surface area (Å²) in [7, 11) is 1.66. The molecule has 0 aliphatic rings. The normalized spacial score (nSPS) is 10.7. The van der Waals surface area contributed by atoms with E-state index in [2.05, 4.69) is 41.4 Å². The average molecular weight is 285 g/mol. The number of nitrogens with two attached hydrogens (primary N) is 1. The van der Waals surface area contributed by atoms with Crippen molar-refractivity contribution in [2.24, 2.45) is 0 Å². The second kappa shape index (κ2) is 5.02. The second-order valence-electron chi connectivity index (χ2n) is 4.54. The lowest BCUT2D eigenvalue weighted by atomic mass is 10.0. The van der Waals surface area contributed by atoms with Crippen LogP contribution in [0.25, 0.3) is 21.7 Å². The highest BCUT2D eigenvalue weighted by molar-refractivity contribution is 7.14. The van der Waals surface area contributed by atoms with Crippen molar-refractivity contribution in [3.8, 4) is 27.4 Å². The summed E-state index contributed by atoms with van der Waals surface area (Å²) in [6.45, 7) is 2.06. The summed E-state index contributed by atoms with van der Waals surface area (Å²) in [5.74, 6) is 1.33. The standard InChI is InChI=1S/C15H15N3OS/c1-9-3-5-10(6-4-9)12-13(17-18-15(12)16)14-11(19-2)7-8-20-14/h3-8H,1-2H3,(H3,16,17,18). The lowest BCUT2D eigenvalue weighted by Crippen LogP contribution is -1.89. The summed E-state index contributed by atoms with van der Waals surface area (Å²) in [6, 6.07) is 10.2. The fourth-order valence-electron chi connectivity index (χ4n) is 2.17. The van der Waals surface area contributed by atoms with Crippen molar-refractivity contribution >= 4 is 17.2 Å². The number of methoxy groups -OCH3 is 1. The summed E-state index contributed by atoms with van der Waals surface area (Å²) in [6.07, 6.45) is 0. The number of aryl methyl sites for hydroxylation is 1. The molecule has 0 unspecified atom stereocenters. The molecule has 0 spiro atoms. The number of H-pyrrole nitrogens is 1. The minimum atomic E-state index is 0.499. The molecule has 0 amide bonds. The van der Waals surface area contributed by atoms with Gasteiger partial charge in [-0.25, -0.2) is 0 Å². The summed E-state index contributed by atoms with van der Waals surface area (Å²) in [4.78, 5) is 1.01. The van der Waals surface area contributed by atoms with Gasteiger partial charge in [0, 0.05) is 0 Å². The maximum absolute atomic E-state index is 6.03. The minimum absolute atomic E-state index is 0.499. The topological polar surface area (TPSA) is 63.9 Å². The number of thiophene rings is 1. The fourth-order valence-corrected chi connectivity index (χ4v) is 3.03. The van der Waals surface area contributed by atoms with Crippen LogP contribution in [0.15, 0.2) is 35.7 Å². The molecule has 102 valence electrons. The van der Waals surface area contributed by atoms with Gasteiger partial charge in [-0.05, 0) is 23.9 Å². The van der Waals surface area contributed by atoms with Gasteiger partial charge in [0.15, 0.2) is 5.82 Å². The van der Waals surface area contributed by atoms with Crippen molar-refractivity contribution in [3.05, 3.63) is 41.3 Å². The first-order valence-electron chi connectivity index (χ1n) is 6.23. The summed E-state index contributed by atoms with van der Waals surface area (Å²) in [5, 5.41) is 9.16. The summed E-state index contributed by atoms with van der Waals surface area (Å²) < 4.78 is 5.38. The lowest BCUT2D eigenvalue weighted by Gasteiger charge is -2.05. The Morgan fingerprint density at radius 3 is 2.65 bits per heavy atom. The van der Waals surface area contributed by atoms with Gasteiger partial charge < -0.3 is 10.5 Å². The van der Waals surface area contributed by atoms with Gasteiger partial charge in [0.25, 0.3) is 0 Å². The van der Waals surface area contributed by atoms with Crippen LogP contribution in [0, 0.1) is 6.92 Å². The van der Waals surface area contributed by atoms with Crippen molar-refractivity contribution in [3.63, 3.8) is 0 Å². The summed E-state index contributed by atoms with van der Waals surface area (Å²) in [5.41, 5.74) is 10.1. The first-order valence-corrected chi connectivity index (χ1v) is 7.11. The zero-order valence-corrected chi connectivity index (χ0v) is 12.1. The van der Waals surface area contributed by atoms with Gasteiger partial charge in [0.05, 0.1) is 23.2 Å². The summed E-state index contributed by atoms with van der Waals surface area (Å²) >= 11 is 1.60. The molecule has 0 aliphatic heterocycles. The number of aromatic nitrogens is 2. The molecule has 0 aliphatic carbocycles. The van der Waals surface area contributed by atoms with E-state index in [1.807, 2.05) is 11.4 Å². The molecule has 0 bridgehead atoms. The number of rotatable bonds is 3. The monoisotopic (exact) mass is 285 g/mol. The Balaban J connectivity index is 2.17. The van der Waals surface area contributed by atoms with E-state index in [0.717, 1.165) is 27.4 Å². The van der Waals surface area contributed by atoms with Crippen LogP contribution in [-0.2, 0) is 0 Å². The molecule has 2 heterocycles. The van der Waals surface area contributed by atoms with Crippen molar-refractivity contribution < 1.29 is 4.74 Å². The number of benzene rings is 1. The van der Waals surface area contributed by atoms with Crippen LogP contribution >= 0.6 is 11.3 Å². The van der Waals surface area contributed by atoms with Crippen LogP contribution < -0.4 is 10.5 Å². The number of hydrogen-bond donors (Lipinski definition) is 2. The van der Waals surface area contributed by atoms with Crippen molar-refractivity contribution in [2.75, 3.05) is 12.8 Å². The maximum Gasteiger partial charge on any atom is 0.153 e. The number of nitrogen functional groups attached to an aromatic ring is 1. The van der Waals surface area contributed by atoms with Crippen LogP contribution in [-0.4, -0.2) is 17.3 Å². The number of nitrogens with one attached hydrogen (secondary N) is 1. The Morgan fingerprint density at radius 1 is 1.20 bits per heavy atom. The SMILES string of the molecule is COc1ccsc1-c1[nH]nc(N)c1-c1ccc(C)cc1. The van der Waals surface area contributed by atoms with E-state index >= 15 is 0 Å². The Hall–Kier alpha value is -2.27. The molecule has 2 aromatic heterocycles. The quantitative estimate of drug-likeness (QED) is 0.771. The Labute approximate surface area is 121 Å². The molecule has 3 aromatic rings. The van der Waals surface area contributed by atoms with Crippen molar-refractivity contribution in [1.82, 2.24) is 10.2 Å². The molecule has 4 nitrogen and oxygen atoms in total. The molecular weight excluding hydrogens is 270 g/mol. The second-order valence-corrected chi connectivity index (χ2v) is 5.46. The van der Waals surface area contributed by atoms with E-state index < -0.39 is 0 Å². The van der Waals surface area contributed by atoms with Crippen LogP contribution in [0.2, 0.25) is 0 Å². The number of ether oxygens (including phenoxy) is 1. The number of hydrogen-bond acceptors (Lipinski definition) is 4. The van der Waals surface area contributed by atoms with Crippen LogP contribution in [0.4, 0.5) is 5.82 Å². The molecule has 5 heteroatoms. The van der Waals surface area contributed by atoms with E-state index in [1.54, 1.807) is 18.4 Å². The molecule has 3 rings (SSSR count). The Bertz CT molecular complexity index is 728. The van der Waals surface area contributed by atoms with E-state index in [1.165, 1.54) is 5.56 Å². The molecule has 0 fully saturated rings. The first-order chi connectivity index (χ1) is 9.70. The largest absolute Gasteiger partial charge is 0.495 e. The molecule has 0 radical (unpaired) electrons. The Morgan fingerprint density at radius 2 is 1.95 bits per heavy atom. The molecule has 0 atom stereocenters. The van der Waals surface area contributed by atoms with Crippen LogP contribution in [0.1, 0.15) is 5.56 Å². The number of anilines is 1. The van der Waals surface area contributed by atoms with E-state index in [0.29, 0.717) is 5.82 Å². The van der Waals surface area contributed by atoms with Gasteiger partial charge in [0.1, 0.15) is 5.75 Å². The molecule has 0 saturated carbocycles. The third kappa shape index (κ3) is 2.06. The molecule has 1 aromatic carbocycles. The highest BCUT2D eigenvalue weighted by atomic mass is 32.1. The third-order valence-electron chi connectivity index (χ3n) is 3.21. The van der Waals surface area contributed by atoms with Crippen LogP contribution in [0.5, 0.6) is 5.75 Å². The maximum atomic E-state index is 6.03. The van der Waals surface area contributed by atoms with E-state index in [-0.39, 0.29) is 0 Å². The van der Waals surface area contributed by atoms with Gasteiger partial charge in [0.2, 0.25) is 0 Å². The number of aromatic amines is 1. The first kappa shape index (κ1) is 12.7. The van der Waals surface area contributed by atoms with Gasteiger partial charge in [-0.1, -0.05) is 29.8 Å². The van der Waals surface area contributed by atoms with E-state index in [9.17, 15) is 0 Å². The predicted octanol–water partition coefficient (Wildman–Crippen LogP) is 3.70. The average Bonchev–Trinajstić information content (AvgIpc) is 3.05. The zero-order chi connectivity index (χ0) is 14.1. The molecule has 20 heavy (non-hydrogen) atoms. The Kier molecular flexibility index (Phi) is 3.20. The van der Waals surface area contributed by atoms with Crippen molar-refractivity contribution in [1.29, 1.82) is 0 Å². The zero-order valence-electron chi connectivity index (χ0n) is 11.3.